The number of benzene rings is 1. The average molecular weight is 426 g/mol. The van der Waals surface area contributed by atoms with Crippen LogP contribution >= 0.6 is 15.9 Å². The van der Waals surface area contributed by atoms with E-state index >= 15 is 0 Å². The van der Waals surface area contributed by atoms with Gasteiger partial charge in [0, 0.05) is 37.4 Å². The van der Waals surface area contributed by atoms with Crippen LogP contribution in [0.1, 0.15) is 38.2 Å². The van der Waals surface area contributed by atoms with Crippen LogP contribution in [0.25, 0.3) is 0 Å². The van der Waals surface area contributed by atoms with Crippen LogP contribution in [0.15, 0.2) is 16.6 Å². The van der Waals surface area contributed by atoms with Gasteiger partial charge in [0.1, 0.15) is 6.54 Å². The largest absolute Gasteiger partial charge is 0.503 e. The standard InChI is InChI=1S/C20H29BrN2O3/c1-14-4-3-7-23(12-14)20(25)16-5-8-22(9-6-16)13-15-10-17(21)19(24)18(11-15)26-2/h10-11,14,16,24H,3-9,12-13H2,1-2H3/p+1/t14-/m1/s1. The first-order valence-electron chi connectivity index (χ1n) is 9.65. The molecule has 2 N–H and O–H groups in total. The first kappa shape index (κ1) is 19.5. The number of nitrogens with zero attached hydrogens (tertiary/aromatic N) is 1. The lowest BCUT2D eigenvalue weighted by molar-refractivity contribution is -0.919. The van der Waals surface area contributed by atoms with Crippen molar-refractivity contribution in [3.8, 4) is 11.5 Å². The Balaban J connectivity index is 1.54. The predicted molar refractivity (Wildman–Crippen MR) is 104 cm³/mol. The third-order valence-corrected chi connectivity index (χ3v) is 6.38. The van der Waals surface area contributed by atoms with Crippen molar-refractivity contribution in [3.05, 3.63) is 22.2 Å². The normalized spacial score (nSPS) is 26.6. The van der Waals surface area contributed by atoms with E-state index in [4.69, 9.17) is 4.74 Å². The minimum Gasteiger partial charge on any atom is -0.503 e. The Bertz CT molecular complexity index is 644. The van der Waals surface area contributed by atoms with E-state index in [1.807, 2.05) is 12.1 Å². The fourth-order valence-corrected chi connectivity index (χ4v) is 4.76. The Labute approximate surface area is 164 Å². The van der Waals surface area contributed by atoms with Crippen LogP contribution in [-0.2, 0) is 11.3 Å². The maximum atomic E-state index is 12.8. The highest BCUT2D eigenvalue weighted by Gasteiger charge is 2.32. The van der Waals surface area contributed by atoms with Crippen molar-refractivity contribution >= 4 is 21.8 Å². The van der Waals surface area contributed by atoms with Crippen LogP contribution < -0.4 is 9.64 Å². The topological polar surface area (TPSA) is 54.2 Å². The number of hydrogen-bond acceptors (Lipinski definition) is 3. The lowest BCUT2D eigenvalue weighted by atomic mass is 9.92. The minimum absolute atomic E-state index is 0.145. The maximum absolute atomic E-state index is 12.8. The lowest BCUT2D eigenvalue weighted by Crippen LogP contribution is -3.11. The number of phenolic OH excluding ortho intramolecular Hbond substituents is 1. The third kappa shape index (κ3) is 4.52. The zero-order valence-electron chi connectivity index (χ0n) is 15.8. The molecule has 144 valence electrons. The molecule has 0 aliphatic carbocycles. The number of methoxy groups -OCH3 is 1. The molecule has 0 saturated carbocycles. The Morgan fingerprint density at radius 2 is 2.08 bits per heavy atom. The van der Waals surface area contributed by atoms with Crippen LogP contribution in [0.5, 0.6) is 11.5 Å². The molecule has 0 unspecified atom stereocenters. The molecule has 2 aliphatic rings. The van der Waals surface area contributed by atoms with Crippen molar-refractivity contribution in [2.24, 2.45) is 11.8 Å². The highest BCUT2D eigenvalue weighted by Crippen LogP contribution is 2.35. The van der Waals surface area contributed by atoms with Crippen LogP contribution in [0, 0.1) is 11.8 Å². The predicted octanol–water partition coefficient (Wildman–Crippen LogP) is 2.22. The van der Waals surface area contributed by atoms with Gasteiger partial charge in [-0.05, 0) is 46.8 Å². The second kappa shape index (κ2) is 8.61. The van der Waals surface area contributed by atoms with Crippen molar-refractivity contribution in [2.75, 3.05) is 33.3 Å². The highest BCUT2D eigenvalue weighted by molar-refractivity contribution is 9.10. The molecule has 0 radical (unpaired) electrons. The second-order valence-electron chi connectivity index (χ2n) is 7.86. The van der Waals surface area contributed by atoms with Gasteiger partial charge in [-0.25, -0.2) is 0 Å². The molecule has 2 aliphatic heterocycles. The van der Waals surface area contributed by atoms with Gasteiger partial charge in [0.2, 0.25) is 5.91 Å². The number of halogens is 1. The molecule has 0 bridgehead atoms. The number of amides is 1. The molecule has 5 nitrogen and oxygen atoms in total. The Hall–Kier alpha value is -1.27. The molecule has 1 aromatic carbocycles. The monoisotopic (exact) mass is 425 g/mol. The number of piperidine rings is 2. The summed E-state index contributed by atoms with van der Waals surface area (Å²) in [5.74, 6) is 1.86. The smallest absolute Gasteiger partial charge is 0.226 e. The first-order chi connectivity index (χ1) is 12.5. The van der Waals surface area contributed by atoms with Gasteiger partial charge in [-0.3, -0.25) is 4.79 Å². The van der Waals surface area contributed by atoms with Crippen molar-refractivity contribution < 1.29 is 19.5 Å². The molecule has 2 heterocycles. The van der Waals surface area contributed by atoms with E-state index in [-0.39, 0.29) is 11.7 Å². The molecular formula is C20H30BrN2O3+. The zero-order chi connectivity index (χ0) is 18.7. The SMILES string of the molecule is COc1cc(C[NH+]2CCC(C(=O)N3CCC[C@@H](C)C3)CC2)cc(Br)c1O. The van der Waals surface area contributed by atoms with Gasteiger partial charge in [0.25, 0.3) is 0 Å². The summed E-state index contributed by atoms with van der Waals surface area (Å²) in [5, 5.41) is 9.95. The molecule has 6 heteroatoms. The number of ether oxygens (including phenoxy) is 1. The summed E-state index contributed by atoms with van der Waals surface area (Å²) in [6.45, 7) is 7.04. The summed E-state index contributed by atoms with van der Waals surface area (Å²) in [5.41, 5.74) is 1.14. The van der Waals surface area contributed by atoms with Crippen molar-refractivity contribution in [1.82, 2.24) is 4.90 Å². The van der Waals surface area contributed by atoms with Gasteiger partial charge in [-0.15, -0.1) is 0 Å². The fourth-order valence-electron chi connectivity index (χ4n) is 4.27. The molecule has 1 atom stereocenters. The Morgan fingerprint density at radius 3 is 2.73 bits per heavy atom. The molecule has 26 heavy (non-hydrogen) atoms. The number of phenols is 1. The molecular weight excluding hydrogens is 396 g/mol. The van der Waals surface area contributed by atoms with Gasteiger partial charge in [0.05, 0.1) is 24.7 Å². The number of rotatable bonds is 4. The number of likely N-dealkylation sites (tertiary alicyclic amines) is 2. The van der Waals surface area contributed by atoms with E-state index < -0.39 is 0 Å². The quantitative estimate of drug-likeness (QED) is 0.777. The summed E-state index contributed by atoms with van der Waals surface area (Å²) in [6.07, 6.45) is 4.33. The van der Waals surface area contributed by atoms with Crippen LogP contribution in [0.4, 0.5) is 0 Å². The van der Waals surface area contributed by atoms with Crippen molar-refractivity contribution in [2.45, 2.75) is 39.2 Å². The molecule has 2 saturated heterocycles. The summed E-state index contributed by atoms with van der Waals surface area (Å²) in [7, 11) is 1.57. The maximum Gasteiger partial charge on any atom is 0.226 e. The zero-order valence-corrected chi connectivity index (χ0v) is 17.3. The van der Waals surface area contributed by atoms with Gasteiger partial charge in [-0.2, -0.15) is 0 Å². The minimum atomic E-state index is 0.145. The Kier molecular flexibility index (Phi) is 6.46. The van der Waals surface area contributed by atoms with Crippen LogP contribution in [0.2, 0.25) is 0 Å². The molecule has 1 amide bonds. The molecule has 0 spiro atoms. The molecule has 0 aromatic heterocycles. The first-order valence-corrected chi connectivity index (χ1v) is 10.4. The number of nitrogens with one attached hydrogen (secondary N) is 1. The van der Waals surface area contributed by atoms with E-state index in [1.54, 1.807) is 7.11 Å². The summed E-state index contributed by atoms with van der Waals surface area (Å²) in [6, 6.07) is 3.86. The van der Waals surface area contributed by atoms with Gasteiger partial charge < -0.3 is 19.6 Å². The highest BCUT2D eigenvalue weighted by atomic mass is 79.9. The van der Waals surface area contributed by atoms with E-state index in [0.29, 0.717) is 22.0 Å². The van der Waals surface area contributed by atoms with Gasteiger partial charge >= 0.3 is 0 Å². The van der Waals surface area contributed by atoms with Gasteiger partial charge in [0.15, 0.2) is 11.5 Å². The van der Waals surface area contributed by atoms with E-state index in [0.717, 1.165) is 57.5 Å². The Morgan fingerprint density at radius 1 is 1.35 bits per heavy atom. The summed E-state index contributed by atoms with van der Waals surface area (Å²) >= 11 is 3.39. The van der Waals surface area contributed by atoms with Crippen molar-refractivity contribution in [1.29, 1.82) is 0 Å². The van der Waals surface area contributed by atoms with E-state index in [1.165, 1.54) is 11.3 Å². The fraction of sp³-hybridized carbons (Fsp3) is 0.650. The summed E-state index contributed by atoms with van der Waals surface area (Å²) < 4.78 is 5.90. The number of hydrogen-bond donors (Lipinski definition) is 2. The average Bonchev–Trinajstić information content (AvgIpc) is 2.64. The molecule has 1 aromatic rings. The van der Waals surface area contributed by atoms with E-state index in [2.05, 4.69) is 27.8 Å². The number of quaternary nitrogens is 1. The molecule has 2 fully saturated rings. The molecule has 3 rings (SSSR count). The number of carbonyl (C=O) groups is 1. The second-order valence-corrected chi connectivity index (χ2v) is 8.72. The number of aromatic hydroxyl groups is 1. The third-order valence-electron chi connectivity index (χ3n) is 5.77. The van der Waals surface area contributed by atoms with Crippen LogP contribution in [0.3, 0.4) is 0 Å². The summed E-state index contributed by atoms with van der Waals surface area (Å²) in [4.78, 5) is 16.4. The number of carbonyl (C=O) groups excluding carboxylic acids is 1. The van der Waals surface area contributed by atoms with Gasteiger partial charge in [-0.1, -0.05) is 6.92 Å². The lowest BCUT2D eigenvalue weighted by Gasteiger charge is -2.36. The van der Waals surface area contributed by atoms with Crippen molar-refractivity contribution in [3.63, 3.8) is 0 Å². The van der Waals surface area contributed by atoms with E-state index in [9.17, 15) is 9.90 Å². The van der Waals surface area contributed by atoms with Crippen LogP contribution in [-0.4, -0.2) is 49.2 Å².